The second-order valence-corrected chi connectivity index (χ2v) is 3.70. The van der Waals surface area contributed by atoms with Crippen molar-refractivity contribution in [2.24, 2.45) is 0 Å². The highest BCUT2D eigenvalue weighted by Crippen LogP contribution is 2.12. The van der Waals surface area contributed by atoms with Crippen molar-refractivity contribution in [2.45, 2.75) is 26.4 Å². The molecule has 6 nitrogen and oxygen atoms in total. The zero-order valence-electron chi connectivity index (χ0n) is 8.31. The fraction of sp³-hybridized carbons (Fsp3) is 0.500. The van der Waals surface area contributed by atoms with Crippen molar-refractivity contribution in [1.82, 2.24) is 15.2 Å². The number of esters is 1. The number of carbonyl (C=O) groups is 1. The number of hydrogen-bond acceptors (Lipinski definition) is 6. The Kier molecular flexibility index (Phi) is 2.64. The Labute approximate surface area is 81.5 Å². The SMILES string of the molecule is CC(C)(C)OC(=O)c1ncnnc1N. The lowest BCUT2D eigenvalue weighted by Crippen LogP contribution is -2.25. The minimum absolute atomic E-state index is 0.00470. The molecular weight excluding hydrogens is 184 g/mol. The lowest BCUT2D eigenvalue weighted by atomic mass is 10.2. The van der Waals surface area contributed by atoms with Crippen LogP contribution in [-0.4, -0.2) is 26.8 Å². The third-order valence-electron chi connectivity index (χ3n) is 1.24. The van der Waals surface area contributed by atoms with Gasteiger partial charge in [-0.3, -0.25) is 0 Å². The molecule has 1 heterocycles. The highest BCUT2D eigenvalue weighted by molar-refractivity contribution is 5.91. The van der Waals surface area contributed by atoms with Gasteiger partial charge in [0.05, 0.1) is 0 Å². The van der Waals surface area contributed by atoms with Crippen LogP contribution in [0.1, 0.15) is 31.3 Å². The van der Waals surface area contributed by atoms with Crippen LogP contribution >= 0.6 is 0 Å². The number of nitrogens with zero attached hydrogens (tertiary/aromatic N) is 3. The van der Waals surface area contributed by atoms with Crippen LogP contribution in [0.4, 0.5) is 5.82 Å². The van der Waals surface area contributed by atoms with E-state index in [-0.39, 0.29) is 11.5 Å². The van der Waals surface area contributed by atoms with E-state index in [1.54, 1.807) is 20.8 Å². The minimum atomic E-state index is -0.593. The Balaban J connectivity index is 2.86. The summed E-state index contributed by atoms with van der Waals surface area (Å²) < 4.78 is 5.06. The molecule has 0 radical (unpaired) electrons. The predicted octanol–water partition coefficient (Wildman–Crippen LogP) is 0.409. The molecule has 0 aromatic carbocycles. The van der Waals surface area contributed by atoms with Crippen molar-refractivity contribution in [1.29, 1.82) is 0 Å². The van der Waals surface area contributed by atoms with E-state index in [0.29, 0.717) is 0 Å². The van der Waals surface area contributed by atoms with E-state index >= 15 is 0 Å². The Morgan fingerprint density at radius 1 is 1.50 bits per heavy atom. The molecule has 0 saturated heterocycles. The Morgan fingerprint density at radius 2 is 2.14 bits per heavy atom. The topological polar surface area (TPSA) is 91.0 Å². The lowest BCUT2D eigenvalue weighted by Gasteiger charge is -2.18. The summed E-state index contributed by atoms with van der Waals surface area (Å²) in [5.74, 6) is -0.619. The summed E-state index contributed by atoms with van der Waals surface area (Å²) >= 11 is 0. The summed E-state index contributed by atoms with van der Waals surface area (Å²) in [6, 6.07) is 0. The highest BCUT2D eigenvalue weighted by Gasteiger charge is 2.21. The summed E-state index contributed by atoms with van der Waals surface area (Å²) in [5.41, 5.74) is 4.82. The van der Waals surface area contributed by atoms with Gasteiger partial charge in [-0.05, 0) is 20.8 Å². The summed E-state index contributed by atoms with van der Waals surface area (Å²) in [6.45, 7) is 5.28. The molecule has 1 aromatic heterocycles. The number of rotatable bonds is 1. The van der Waals surface area contributed by atoms with Crippen LogP contribution in [0.15, 0.2) is 6.33 Å². The van der Waals surface area contributed by atoms with Crippen molar-refractivity contribution >= 4 is 11.8 Å². The standard InChI is InChI=1S/C8H12N4O2/c1-8(2,3)14-7(13)5-6(9)12-11-4-10-5/h4H,1-3H3,(H2,9,12). The van der Waals surface area contributed by atoms with Gasteiger partial charge in [0.25, 0.3) is 0 Å². The Morgan fingerprint density at radius 3 is 2.64 bits per heavy atom. The molecule has 2 N–H and O–H groups in total. The monoisotopic (exact) mass is 196 g/mol. The van der Waals surface area contributed by atoms with E-state index in [2.05, 4.69) is 15.2 Å². The van der Waals surface area contributed by atoms with Gasteiger partial charge in [0.2, 0.25) is 0 Å². The molecule has 0 bridgehead atoms. The number of ether oxygens (including phenoxy) is 1. The Hall–Kier alpha value is -1.72. The van der Waals surface area contributed by atoms with Crippen LogP contribution in [0, 0.1) is 0 Å². The van der Waals surface area contributed by atoms with E-state index in [9.17, 15) is 4.79 Å². The number of carbonyl (C=O) groups excluding carboxylic acids is 1. The lowest BCUT2D eigenvalue weighted by molar-refractivity contribution is 0.00635. The second kappa shape index (κ2) is 3.57. The van der Waals surface area contributed by atoms with E-state index in [1.165, 1.54) is 0 Å². The molecule has 0 aliphatic rings. The van der Waals surface area contributed by atoms with Crippen LogP contribution in [0.5, 0.6) is 0 Å². The van der Waals surface area contributed by atoms with Crippen LogP contribution < -0.4 is 5.73 Å². The van der Waals surface area contributed by atoms with E-state index in [0.717, 1.165) is 6.33 Å². The molecule has 6 heteroatoms. The first-order valence-corrected chi connectivity index (χ1v) is 4.06. The highest BCUT2D eigenvalue weighted by atomic mass is 16.6. The van der Waals surface area contributed by atoms with Crippen molar-refractivity contribution in [3.05, 3.63) is 12.0 Å². The fourth-order valence-corrected chi connectivity index (χ4v) is 0.769. The first-order chi connectivity index (χ1) is 6.40. The average Bonchev–Trinajstić information content (AvgIpc) is 2.01. The smallest absolute Gasteiger partial charge is 0.361 e. The van der Waals surface area contributed by atoms with Crippen molar-refractivity contribution in [3.63, 3.8) is 0 Å². The quantitative estimate of drug-likeness (QED) is 0.654. The molecule has 0 saturated carbocycles. The normalized spacial score (nSPS) is 11.1. The van der Waals surface area contributed by atoms with Crippen LogP contribution in [-0.2, 0) is 4.74 Å². The molecule has 76 valence electrons. The van der Waals surface area contributed by atoms with E-state index in [1.807, 2.05) is 0 Å². The molecule has 0 spiro atoms. The van der Waals surface area contributed by atoms with Gasteiger partial charge in [-0.25, -0.2) is 9.78 Å². The van der Waals surface area contributed by atoms with E-state index < -0.39 is 11.6 Å². The molecule has 14 heavy (non-hydrogen) atoms. The molecule has 0 atom stereocenters. The number of nitrogens with two attached hydrogens (primary N) is 1. The first kappa shape index (κ1) is 10.4. The van der Waals surface area contributed by atoms with Gasteiger partial charge in [-0.2, -0.15) is 0 Å². The van der Waals surface area contributed by atoms with Crippen LogP contribution in [0.3, 0.4) is 0 Å². The van der Waals surface area contributed by atoms with Crippen LogP contribution in [0.2, 0.25) is 0 Å². The average molecular weight is 196 g/mol. The summed E-state index contributed by atoms with van der Waals surface area (Å²) in [5, 5.41) is 6.92. The maximum Gasteiger partial charge on any atom is 0.361 e. The molecule has 0 unspecified atom stereocenters. The Bertz CT molecular complexity index is 345. The van der Waals surface area contributed by atoms with Gasteiger partial charge in [0.1, 0.15) is 11.9 Å². The maximum absolute atomic E-state index is 11.4. The molecular formula is C8H12N4O2. The number of nitrogen functional groups attached to an aromatic ring is 1. The summed E-state index contributed by atoms with van der Waals surface area (Å²) in [7, 11) is 0. The van der Waals surface area contributed by atoms with Gasteiger partial charge in [-0.15, -0.1) is 10.2 Å². The van der Waals surface area contributed by atoms with Crippen molar-refractivity contribution < 1.29 is 9.53 Å². The van der Waals surface area contributed by atoms with Crippen molar-refractivity contribution in [2.75, 3.05) is 5.73 Å². The first-order valence-electron chi connectivity index (χ1n) is 4.06. The largest absolute Gasteiger partial charge is 0.455 e. The summed E-state index contributed by atoms with van der Waals surface area (Å²) in [4.78, 5) is 15.1. The second-order valence-electron chi connectivity index (χ2n) is 3.70. The third kappa shape index (κ3) is 2.65. The van der Waals surface area contributed by atoms with E-state index in [4.69, 9.17) is 10.5 Å². The van der Waals surface area contributed by atoms with Gasteiger partial charge in [-0.1, -0.05) is 0 Å². The summed E-state index contributed by atoms with van der Waals surface area (Å²) in [6.07, 6.45) is 1.15. The molecule has 1 rings (SSSR count). The van der Waals surface area contributed by atoms with Gasteiger partial charge in [0, 0.05) is 0 Å². The zero-order valence-corrected chi connectivity index (χ0v) is 8.31. The predicted molar refractivity (Wildman–Crippen MR) is 49.4 cm³/mol. The van der Waals surface area contributed by atoms with Gasteiger partial charge >= 0.3 is 5.97 Å². The third-order valence-corrected chi connectivity index (χ3v) is 1.24. The molecule has 0 fully saturated rings. The zero-order chi connectivity index (χ0) is 10.8. The van der Waals surface area contributed by atoms with Crippen LogP contribution in [0.25, 0.3) is 0 Å². The van der Waals surface area contributed by atoms with Crippen molar-refractivity contribution in [3.8, 4) is 0 Å². The van der Waals surface area contributed by atoms with Gasteiger partial charge < -0.3 is 10.5 Å². The number of hydrogen-bond donors (Lipinski definition) is 1. The molecule has 0 amide bonds. The minimum Gasteiger partial charge on any atom is -0.455 e. The number of anilines is 1. The molecule has 1 aromatic rings. The molecule has 0 aliphatic carbocycles. The number of aromatic nitrogens is 3. The molecule has 0 aliphatic heterocycles. The fourth-order valence-electron chi connectivity index (χ4n) is 0.769. The maximum atomic E-state index is 11.4. The van der Waals surface area contributed by atoms with Gasteiger partial charge in [0.15, 0.2) is 11.5 Å².